The van der Waals surface area contributed by atoms with E-state index < -0.39 is 146 Å². The molecule has 33 heteroatoms. The summed E-state index contributed by atoms with van der Waals surface area (Å²) in [5.74, 6) is -13.5. The third kappa shape index (κ3) is 25.0. The molecule has 0 aliphatic heterocycles. The molecule has 0 fully saturated rings. The minimum Gasteiger partial charge on any atom is -0.481 e. The van der Waals surface area contributed by atoms with E-state index in [9.17, 15) is 82.1 Å². The lowest BCUT2D eigenvalue weighted by Crippen LogP contribution is -2.68. The number of nitrogens with one attached hydrogen (secondary N) is 11. The molecule has 0 aliphatic rings. The highest BCUT2D eigenvalue weighted by Crippen LogP contribution is 2.01. The van der Waals surface area contributed by atoms with Gasteiger partial charge in [-0.1, -0.05) is 0 Å². The molecule has 8 amide bonds. The van der Waals surface area contributed by atoms with E-state index in [1.54, 1.807) is 0 Å². The number of carboxylic acids is 2. The number of rotatable bonds is 37. The second-order valence-corrected chi connectivity index (χ2v) is 14.1. The van der Waals surface area contributed by atoms with Crippen molar-refractivity contribution in [2.45, 2.75) is 107 Å². The first-order valence-electron chi connectivity index (χ1n) is 19.8. The number of primary amides is 2. The van der Waals surface area contributed by atoms with Crippen LogP contribution in [0.4, 0.5) is 0 Å². The Hall–Kier alpha value is -7.88. The Morgan fingerprint density at radius 2 is 0.926 bits per heavy atom. The normalized spacial score (nSPS) is 15.1. The van der Waals surface area contributed by atoms with E-state index in [0.717, 1.165) is 13.8 Å². The van der Waals surface area contributed by atoms with Gasteiger partial charge >= 0.3 is 11.9 Å². The highest BCUT2D eigenvalue weighted by molar-refractivity contribution is 5.97. The number of hydrogen-bond acceptors (Lipinski definition) is 21. The molecule has 0 heterocycles. The molecule has 0 bridgehead atoms. The summed E-state index contributed by atoms with van der Waals surface area (Å²) in [7, 11) is 0. The summed E-state index contributed by atoms with van der Waals surface area (Å²) in [6, 6.07) is -8.08. The molecule has 0 aromatic carbocycles. The van der Waals surface area contributed by atoms with Gasteiger partial charge in [-0.2, -0.15) is 0 Å². The molecule has 0 radical (unpaired) electrons. The van der Waals surface area contributed by atoms with Crippen molar-refractivity contribution in [3.05, 3.63) is 0 Å². The molecular weight excluding hydrogens is 916 g/mol. The van der Waals surface area contributed by atoms with Crippen LogP contribution in [0.1, 0.15) is 46.0 Å². The summed E-state index contributed by atoms with van der Waals surface area (Å²) in [4.78, 5) is 188. The molecule has 0 spiro atoms. The lowest BCUT2D eigenvalue weighted by molar-refractivity contribution is -0.140. The van der Waals surface area contributed by atoms with Crippen LogP contribution in [-0.4, -0.2) is 181 Å². The lowest BCUT2D eigenvalue weighted by Gasteiger charge is -2.29. The van der Waals surface area contributed by atoms with Crippen LogP contribution in [0.2, 0.25) is 0 Å². The molecule has 0 saturated heterocycles. The molecule has 0 saturated carbocycles. The van der Waals surface area contributed by atoms with Crippen molar-refractivity contribution < 1.29 is 82.1 Å². The van der Waals surface area contributed by atoms with Crippen molar-refractivity contribution in [2.24, 2.45) is 27.9 Å². The number of carboxylic acid groups (broad SMARTS) is 2. The van der Waals surface area contributed by atoms with Gasteiger partial charge in [0.2, 0.25) is 17.7 Å². The van der Waals surface area contributed by atoms with E-state index in [4.69, 9.17) is 22.9 Å². The van der Waals surface area contributed by atoms with Crippen LogP contribution in [-0.2, 0) is 71.9 Å². The summed E-state index contributed by atoms with van der Waals surface area (Å²) in [6.45, 7) is 1.48. The smallest absolute Gasteiger partial charge is 0.305 e. The molecule has 0 aliphatic carbocycles. The maximum Gasteiger partial charge on any atom is 0.305 e. The van der Waals surface area contributed by atoms with Crippen molar-refractivity contribution in [3.63, 3.8) is 0 Å². The Bertz CT molecular complexity index is 1880. The van der Waals surface area contributed by atoms with Crippen LogP contribution < -0.4 is 81.4 Å². The van der Waals surface area contributed by atoms with Gasteiger partial charge < -0.3 is 89.0 Å². The molecule has 68 heavy (non-hydrogen) atoms. The summed E-state index contributed by atoms with van der Waals surface area (Å²) in [5, 5.41) is 42.4. The van der Waals surface area contributed by atoms with E-state index in [2.05, 4.69) is 52.8 Å². The quantitative estimate of drug-likeness (QED) is 0.00903. The van der Waals surface area contributed by atoms with E-state index in [0.29, 0.717) is 12.6 Å². The molecule has 0 rings (SSSR count). The number of guanidine groups is 1. The van der Waals surface area contributed by atoms with E-state index in [-0.39, 0.29) is 44.2 Å². The zero-order valence-electron chi connectivity index (χ0n) is 36.4. The number of nitrogens with zero attached hydrogens (tertiary/aromatic N) is 1. The monoisotopic (exact) mass is 972 g/mol. The van der Waals surface area contributed by atoms with Gasteiger partial charge in [0.1, 0.15) is 37.5 Å². The fraction of sp³-hybridized carbons (Fsp3) is 0.543. The fourth-order valence-corrected chi connectivity index (χ4v) is 5.23. The molecule has 0 unspecified atom stereocenters. The predicted molar refractivity (Wildman–Crippen MR) is 226 cm³/mol. The van der Waals surface area contributed by atoms with Crippen molar-refractivity contribution in [3.8, 4) is 0 Å². The second kappa shape index (κ2) is 31.9. The molecule has 10 atom stereocenters. The standard InChI is InChI=1S/C35H56N16O17/c1-15(30(64)49-28(45-18(12-54)8-21(36)58)33(67)48-25(24(37)63)44-17(11-53)4-3-5-41-35(38)39)42-32(66)27(46-19(13-55)9-22(59)60)51-34(68)29(47-20(14-56)10-23(61)62)50-31(65)26(40-6-7-52)43-16(2)57/h7,11-15,17-20,25-29,40,44-47H,3-6,8-10H2,1-2H3,(H2,36,58)(H2,37,63)(H,42,66)(H,43,57)(H,48,67)(H,49,64)(H,50,65)(H,51,68)(H,59,60)(H,61,62)(H4,38,39,41)/t15-,17+,18+,19+,20+,25+,26+,27+,28+,29+/m0/s1. The number of amides is 8. The van der Waals surface area contributed by atoms with Gasteiger partial charge in [0.05, 0.1) is 43.6 Å². The van der Waals surface area contributed by atoms with Crippen molar-refractivity contribution >= 4 is 96.6 Å². The van der Waals surface area contributed by atoms with Crippen molar-refractivity contribution in [2.75, 3.05) is 13.1 Å². The molecule has 33 nitrogen and oxygen atoms in total. The first kappa shape index (κ1) is 60.1. The van der Waals surface area contributed by atoms with Gasteiger partial charge in [0, 0.05) is 19.9 Å². The van der Waals surface area contributed by atoms with Crippen LogP contribution in [0.15, 0.2) is 4.99 Å². The summed E-state index contributed by atoms with van der Waals surface area (Å²) < 4.78 is 0. The number of aliphatic imine (C=N–C) groups is 1. The van der Waals surface area contributed by atoms with Gasteiger partial charge in [-0.05, 0) is 19.8 Å². The third-order valence-electron chi connectivity index (χ3n) is 8.34. The Labute approximate surface area is 384 Å². The van der Waals surface area contributed by atoms with Gasteiger partial charge in [-0.3, -0.25) is 79.5 Å². The second-order valence-electron chi connectivity index (χ2n) is 14.1. The number of nitrogens with two attached hydrogens (primary N) is 4. The number of hydrogen-bond donors (Lipinski definition) is 17. The number of aliphatic carboxylic acids is 2. The highest BCUT2D eigenvalue weighted by atomic mass is 16.4. The van der Waals surface area contributed by atoms with Crippen LogP contribution in [0.3, 0.4) is 0 Å². The Balaban J connectivity index is 6.85. The van der Waals surface area contributed by atoms with Crippen molar-refractivity contribution in [1.82, 2.24) is 58.5 Å². The number of carbonyl (C=O) groups is 15. The molecule has 378 valence electrons. The predicted octanol–water partition coefficient (Wildman–Crippen LogP) is -11.5. The minimum absolute atomic E-state index is 0.00283. The van der Waals surface area contributed by atoms with E-state index in [1.165, 1.54) is 0 Å². The van der Waals surface area contributed by atoms with Gasteiger partial charge in [-0.15, -0.1) is 0 Å². The largest absolute Gasteiger partial charge is 0.481 e. The van der Waals surface area contributed by atoms with E-state index in [1.807, 2.05) is 10.6 Å². The molecular formula is C35H56N16O17. The molecule has 0 aromatic rings. The van der Waals surface area contributed by atoms with Crippen LogP contribution >= 0.6 is 0 Å². The molecule has 0 aromatic heterocycles. The van der Waals surface area contributed by atoms with Crippen LogP contribution in [0, 0.1) is 0 Å². The summed E-state index contributed by atoms with van der Waals surface area (Å²) >= 11 is 0. The van der Waals surface area contributed by atoms with Gasteiger partial charge in [-0.25, -0.2) is 0 Å². The first-order valence-corrected chi connectivity index (χ1v) is 19.8. The average molecular weight is 973 g/mol. The zero-order valence-corrected chi connectivity index (χ0v) is 36.4. The van der Waals surface area contributed by atoms with Gasteiger partial charge in [0.25, 0.3) is 29.5 Å². The van der Waals surface area contributed by atoms with Crippen molar-refractivity contribution in [1.29, 1.82) is 0 Å². The summed E-state index contributed by atoms with van der Waals surface area (Å²) in [5.41, 5.74) is 21.1. The third-order valence-corrected chi connectivity index (χ3v) is 8.34. The SMILES string of the molecule is CC(=O)N[C@@H](NCC=O)C(=O)N[C@@H](N[C@@H](C=O)CC(=O)O)C(=O)N[C@@H](N[C@@H](C=O)CC(=O)O)C(=O)N[C@@H](C)C(=O)N[C@@H](N[C@@H](C=O)CC(N)=O)C(=O)N[C@@H](N[C@@H](C=O)CCCN=C(N)N)C(N)=O. The lowest BCUT2D eigenvalue weighted by atomic mass is 10.1. The minimum atomic E-state index is -2.26. The van der Waals surface area contributed by atoms with Crippen LogP contribution in [0.5, 0.6) is 0 Å². The topological polar surface area (TPSA) is 545 Å². The molecule has 21 N–H and O–H groups in total. The Morgan fingerprint density at radius 3 is 1.31 bits per heavy atom. The average Bonchev–Trinajstić information content (AvgIpc) is 3.25. The summed E-state index contributed by atoms with van der Waals surface area (Å²) in [6.07, 6.45) is -11.9. The fourth-order valence-electron chi connectivity index (χ4n) is 5.23. The Morgan fingerprint density at radius 1 is 0.529 bits per heavy atom. The van der Waals surface area contributed by atoms with E-state index >= 15 is 0 Å². The Kier molecular flexibility index (Phi) is 28.2. The maximum absolute atomic E-state index is 13.7. The van der Waals surface area contributed by atoms with Crippen LogP contribution in [0.25, 0.3) is 0 Å². The highest BCUT2D eigenvalue weighted by Gasteiger charge is 2.35. The van der Waals surface area contributed by atoms with Gasteiger partial charge in [0.15, 0.2) is 36.8 Å². The first-order chi connectivity index (χ1) is 31.9. The number of carbonyl (C=O) groups excluding carboxylic acids is 13. The zero-order chi connectivity index (χ0) is 52.1. The number of aldehydes is 5. The maximum atomic E-state index is 13.7.